The van der Waals surface area contributed by atoms with Gasteiger partial charge in [-0.25, -0.2) is 4.98 Å². The summed E-state index contributed by atoms with van der Waals surface area (Å²) < 4.78 is 5.23. The zero-order valence-corrected chi connectivity index (χ0v) is 10.6. The predicted molar refractivity (Wildman–Crippen MR) is 68.0 cm³/mol. The maximum atomic E-state index is 11.1. The number of primary amides is 1. The SMILES string of the molecule is COc1ncccc1CN1CCC(C(N)=O)CC1. The first-order valence-electron chi connectivity index (χ1n) is 6.20. The Morgan fingerprint density at radius 1 is 1.56 bits per heavy atom. The van der Waals surface area contributed by atoms with Gasteiger partial charge >= 0.3 is 0 Å². The first-order chi connectivity index (χ1) is 8.70. The summed E-state index contributed by atoms with van der Waals surface area (Å²) in [5.41, 5.74) is 6.40. The number of likely N-dealkylation sites (tertiary alicyclic amines) is 1. The molecule has 1 aromatic heterocycles. The number of carbonyl (C=O) groups is 1. The van der Waals surface area contributed by atoms with Gasteiger partial charge in [-0.2, -0.15) is 0 Å². The Bertz CT molecular complexity index is 414. The number of ether oxygens (including phenoxy) is 1. The Hall–Kier alpha value is -1.62. The van der Waals surface area contributed by atoms with E-state index in [0.29, 0.717) is 5.88 Å². The van der Waals surface area contributed by atoms with Crippen molar-refractivity contribution in [1.82, 2.24) is 9.88 Å². The van der Waals surface area contributed by atoms with Crippen molar-refractivity contribution >= 4 is 5.91 Å². The number of methoxy groups -OCH3 is 1. The minimum absolute atomic E-state index is 0.0389. The Morgan fingerprint density at radius 2 is 2.28 bits per heavy atom. The summed E-state index contributed by atoms with van der Waals surface area (Å²) in [4.78, 5) is 17.6. The van der Waals surface area contributed by atoms with Crippen molar-refractivity contribution in [2.45, 2.75) is 19.4 Å². The zero-order valence-electron chi connectivity index (χ0n) is 10.6. The Labute approximate surface area is 107 Å². The highest BCUT2D eigenvalue weighted by atomic mass is 16.5. The van der Waals surface area contributed by atoms with E-state index in [0.717, 1.165) is 38.0 Å². The maximum absolute atomic E-state index is 11.1. The largest absolute Gasteiger partial charge is 0.481 e. The molecule has 5 heteroatoms. The van der Waals surface area contributed by atoms with Crippen LogP contribution in [0.15, 0.2) is 18.3 Å². The number of aromatic nitrogens is 1. The lowest BCUT2D eigenvalue weighted by atomic mass is 9.96. The second kappa shape index (κ2) is 5.82. The van der Waals surface area contributed by atoms with Gasteiger partial charge in [0.2, 0.25) is 11.8 Å². The molecule has 1 aromatic rings. The lowest BCUT2D eigenvalue weighted by Crippen LogP contribution is -2.38. The second-order valence-corrected chi connectivity index (χ2v) is 4.62. The van der Waals surface area contributed by atoms with Crippen LogP contribution in [0.25, 0.3) is 0 Å². The molecule has 0 aromatic carbocycles. The van der Waals surface area contributed by atoms with Crippen LogP contribution in [0.1, 0.15) is 18.4 Å². The number of amides is 1. The topological polar surface area (TPSA) is 68.4 Å². The van der Waals surface area contributed by atoms with Crippen molar-refractivity contribution in [3.8, 4) is 5.88 Å². The molecular formula is C13H19N3O2. The molecule has 1 aliphatic rings. The van der Waals surface area contributed by atoms with Crippen LogP contribution in [0.2, 0.25) is 0 Å². The highest BCUT2D eigenvalue weighted by Crippen LogP contribution is 2.21. The monoisotopic (exact) mass is 249 g/mol. The number of hydrogen-bond donors (Lipinski definition) is 1. The van der Waals surface area contributed by atoms with Crippen LogP contribution < -0.4 is 10.5 Å². The Morgan fingerprint density at radius 3 is 2.89 bits per heavy atom. The lowest BCUT2D eigenvalue weighted by Gasteiger charge is -2.30. The standard InChI is InChI=1S/C13H19N3O2/c1-18-13-11(3-2-6-15-13)9-16-7-4-10(5-8-16)12(14)17/h2-3,6,10H,4-5,7-9H2,1H3,(H2,14,17). The van der Waals surface area contributed by atoms with Gasteiger partial charge in [0.05, 0.1) is 7.11 Å². The summed E-state index contributed by atoms with van der Waals surface area (Å²) in [7, 11) is 1.63. The van der Waals surface area contributed by atoms with Crippen molar-refractivity contribution in [1.29, 1.82) is 0 Å². The van der Waals surface area contributed by atoms with E-state index in [1.165, 1.54) is 0 Å². The van der Waals surface area contributed by atoms with E-state index in [1.54, 1.807) is 13.3 Å². The number of nitrogens with zero attached hydrogens (tertiary/aromatic N) is 2. The highest BCUT2D eigenvalue weighted by molar-refractivity contribution is 5.76. The fourth-order valence-corrected chi connectivity index (χ4v) is 2.34. The molecule has 1 amide bonds. The minimum Gasteiger partial charge on any atom is -0.481 e. The second-order valence-electron chi connectivity index (χ2n) is 4.62. The van der Waals surface area contributed by atoms with Gasteiger partial charge in [0, 0.05) is 24.2 Å². The lowest BCUT2D eigenvalue weighted by molar-refractivity contribution is -0.123. The fraction of sp³-hybridized carbons (Fsp3) is 0.538. The first-order valence-corrected chi connectivity index (χ1v) is 6.20. The van der Waals surface area contributed by atoms with E-state index in [-0.39, 0.29) is 11.8 Å². The summed E-state index contributed by atoms with van der Waals surface area (Å²) >= 11 is 0. The molecule has 2 heterocycles. The molecule has 0 unspecified atom stereocenters. The van der Waals surface area contributed by atoms with Gasteiger partial charge in [-0.05, 0) is 32.0 Å². The van der Waals surface area contributed by atoms with Gasteiger partial charge in [-0.1, -0.05) is 6.07 Å². The van der Waals surface area contributed by atoms with Gasteiger partial charge in [-0.15, -0.1) is 0 Å². The van der Waals surface area contributed by atoms with Crippen molar-refractivity contribution in [2.75, 3.05) is 20.2 Å². The molecule has 0 radical (unpaired) electrons. The summed E-state index contributed by atoms with van der Waals surface area (Å²) in [6.45, 7) is 2.60. The third-order valence-corrected chi connectivity index (χ3v) is 3.43. The van der Waals surface area contributed by atoms with Gasteiger partial charge in [0.15, 0.2) is 0 Å². The molecule has 2 N–H and O–H groups in total. The van der Waals surface area contributed by atoms with Crippen LogP contribution in [-0.4, -0.2) is 36.0 Å². The molecule has 0 atom stereocenters. The Balaban J connectivity index is 1.93. The smallest absolute Gasteiger partial charge is 0.220 e. The molecule has 0 aliphatic carbocycles. The van der Waals surface area contributed by atoms with E-state index in [4.69, 9.17) is 10.5 Å². The van der Waals surface area contributed by atoms with Gasteiger partial charge in [0.1, 0.15) is 0 Å². The fourth-order valence-electron chi connectivity index (χ4n) is 2.34. The van der Waals surface area contributed by atoms with E-state index in [2.05, 4.69) is 9.88 Å². The van der Waals surface area contributed by atoms with Crippen LogP contribution in [0.3, 0.4) is 0 Å². The minimum atomic E-state index is -0.173. The third kappa shape index (κ3) is 2.98. The van der Waals surface area contributed by atoms with Crippen LogP contribution in [0.5, 0.6) is 5.88 Å². The third-order valence-electron chi connectivity index (χ3n) is 3.43. The van der Waals surface area contributed by atoms with Crippen molar-refractivity contribution in [2.24, 2.45) is 11.7 Å². The van der Waals surface area contributed by atoms with Crippen molar-refractivity contribution < 1.29 is 9.53 Å². The van der Waals surface area contributed by atoms with E-state index >= 15 is 0 Å². The molecule has 98 valence electrons. The average Bonchev–Trinajstić information content (AvgIpc) is 2.40. The number of carbonyl (C=O) groups excluding carboxylic acids is 1. The van der Waals surface area contributed by atoms with Crippen LogP contribution in [-0.2, 0) is 11.3 Å². The molecule has 18 heavy (non-hydrogen) atoms. The summed E-state index contributed by atoms with van der Waals surface area (Å²) in [5.74, 6) is 0.542. The van der Waals surface area contributed by atoms with Crippen molar-refractivity contribution in [3.63, 3.8) is 0 Å². The molecule has 5 nitrogen and oxygen atoms in total. The Kier molecular flexibility index (Phi) is 4.15. The van der Waals surface area contributed by atoms with Gasteiger partial charge in [-0.3, -0.25) is 9.69 Å². The molecule has 0 spiro atoms. The zero-order chi connectivity index (χ0) is 13.0. The van der Waals surface area contributed by atoms with Crippen molar-refractivity contribution in [3.05, 3.63) is 23.9 Å². The van der Waals surface area contributed by atoms with E-state index in [1.807, 2.05) is 12.1 Å². The normalized spacial score (nSPS) is 17.6. The number of rotatable bonds is 4. The first kappa shape index (κ1) is 12.8. The van der Waals surface area contributed by atoms with Gasteiger partial charge in [0.25, 0.3) is 0 Å². The molecule has 2 rings (SSSR count). The molecule has 0 saturated carbocycles. The average molecular weight is 249 g/mol. The number of pyridine rings is 1. The van der Waals surface area contributed by atoms with Crippen LogP contribution in [0.4, 0.5) is 0 Å². The molecule has 1 fully saturated rings. The van der Waals surface area contributed by atoms with Crippen LogP contribution in [0, 0.1) is 5.92 Å². The van der Waals surface area contributed by atoms with E-state index < -0.39 is 0 Å². The maximum Gasteiger partial charge on any atom is 0.220 e. The highest BCUT2D eigenvalue weighted by Gasteiger charge is 2.23. The number of nitrogens with two attached hydrogens (primary N) is 1. The van der Waals surface area contributed by atoms with E-state index in [9.17, 15) is 4.79 Å². The predicted octanol–water partition coefficient (Wildman–Crippen LogP) is 0.787. The molecule has 1 saturated heterocycles. The number of hydrogen-bond acceptors (Lipinski definition) is 4. The quantitative estimate of drug-likeness (QED) is 0.856. The van der Waals surface area contributed by atoms with Gasteiger partial charge < -0.3 is 10.5 Å². The summed E-state index contributed by atoms with van der Waals surface area (Å²) in [6, 6.07) is 3.93. The molecular weight excluding hydrogens is 230 g/mol. The molecule has 0 bridgehead atoms. The summed E-state index contributed by atoms with van der Waals surface area (Å²) in [5, 5.41) is 0. The summed E-state index contributed by atoms with van der Waals surface area (Å²) in [6.07, 6.45) is 3.41. The van der Waals surface area contributed by atoms with Crippen LogP contribution >= 0.6 is 0 Å². The number of piperidine rings is 1. The molecule has 1 aliphatic heterocycles.